The number of benzene rings is 1. The van der Waals surface area contributed by atoms with Crippen LogP contribution >= 0.6 is 15.9 Å². The molecule has 0 atom stereocenters. The summed E-state index contributed by atoms with van der Waals surface area (Å²) >= 11 is 3.43. The Hall–Kier alpha value is -1.16. The van der Waals surface area contributed by atoms with Crippen molar-refractivity contribution in [3.8, 4) is 11.4 Å². The average molecular weight is 295 g/mol. The molecule has 1 aromatic carbocycles. The fourth-order valence-electron chi connectivity index (χ4n) is 1.53. The van der Waals surface area contributed by atoms with Crippen LogP contribution < -0.4 is 0 Å². The van der Waals surface area contributed by atoms with Crippen LogP contribution in [0.15, 0.2) is 33.3 Å². The van der Waals surface area contributed by atoms with Gasteiger partial charge in [0.25, 0.3) is 0 Å². The fraction of sp³-hybridized carbons (Fsp3) is 0.385. The summed E-state index contributed by atoms with van der Waals surface area (Å²) in [6, 6.07) is 7.88. The monoisotopic (exact) mass is 294 g/mol. The van der Waals surface area contributed by atoms with Gasteiger partial charge in [0.2, 0.25) is 11.7 Å². The molecular formula is C13H15BrN2O. The highest BCUT2D eigenvalue weighted by Crippen LogP contribution is 2.23. The van der Waals surface area contributed by atoms with Gasteiger partial charge in [-0.05, 0) is 17.5 Å². The van der Waals surface area contributed by atoms with E-state index in [9.17, 15) is 0 Å². The van der Waals surface area contributed by atoms with Crippen LogP contribution in [0.25, 0.3) is 11.4 Å². The van der Waals surface area contributed by atoms with Gasteiger partial charge in [-0.25, -0.2) is 0 Å². The second kappa shape index (κ2) is 4.61. The van der Waals surface area contributed by atoms with Crippen molar-refractivity contribution in [3.05, 3.63) is 34.6 Å². The number of rotatable bonds is 2. The number of hydrogen-bond acceptors (Lipinski definition) is 3. The molecule has 0 amide bonds. The molecule has 2 aromatic rings. The van der Waals surface area contributed by atoms with Crippen LogP contribution in [-0.2, 0) is 6.42 Å². The highest BCUT2D eigenvalue weighted by atomic mass is 79.9. The van der Waals surface area contributed by atoms with Crippen LogP contribution in [0.3, 0.4) is 0 Å². The zero-order chi connectivity index (χ0) is 12.5. The number of hydrogen-bond donors (Lipinski definition) is 0. The minimum Gasteiger partial charge on any atom is -0.339 e. The molecule has 4 heteroatoms. The maximum atomic E-state index is 5.26. The van der Waals surface area contributed by atoms with Crippen molar-refractivity contribution in [2.45, 2.75) is 27.2 Å². The lowest BCUT2D eigenvalue weighted by atomic mass is 9.92. The molecule has 0 aliphatic rings. The summed E-state index contributed by atoms with van der Waals surface area (Å²) in [5, 5.41) is 4.00. The Morgan fingerprint density at radius 1 is 1.29 bits per heavy atom. The van der Waals surface area contributed by atoms with Gasteiger partial charge in [0.15, 0.2) is 0 Å². The summed E-state index contributed by atoms with van der Waals surface area (Å²) in [7, 11) is 0. The predicted molar refractivity (Wildman–Crippen MR) is 70.6 cm³/mol. The average Bonchev–Trinajstić information content (AvgIpc) is 2.63. The molecule has 0 saturated carbocycles. The topological polar surface area (TPSA) is 38.9 Å². The van der Waals surface area contributed by atoms with Gasteiger partial charge in [-0.15, -0.1) is 0 Å². The minimum absolute atomic E-state index is 0.154. The summed E-state index contributed by atoms with van der Waals surface area (Å²) in [6.45, 7) is 6.45. The molecule has 90 valence electrons. The summed E-state index contributed by atoms with van der Waals surface area (Å²) in [6.07, 6.45) is 0.786. The Labute approximate surface area is 109 Å². The van der Waals surface area contributed by atoms with Crippen LogP contribution in [0.1, 0.15) is 26.7 Å². The van der Waals surface area contributed by atoms with E-state index in [0.717, 1.165) is 16.5 Å². The van der Waals surface area contributed by atoms with Gasteiger partial charge >= 0.3 is 0 Å². The van der Waals surface area contributed by atoms with E-state index < -0.39 is 0 Å². The summed E-state index contributed by atoms with van der Waals surface area (Å²) in [5.74, 6) is 1.33. The zero-order valence-electron chi connectivity index (χ0n) is 10.2. The molecule has 17 heavy (non-hydrogen) atoms. The molecule has 0 aliphatic carbocycles. The molecule has 2 rings (SSSR count). The molecular weight excluding hydrogens is 280 g/mol. The molecule has 0 N–H and O–H groups in total. The number of aromatic nitrogens is 2. The minimum atomic E-state index is 0.154. The van der Waals surface area contributed by atoms with Gasteiger partial charge in [-0.1, -0.05) is 54.0 Å². The normalized spacial score (nSPS) is 11.8. The van der Waals surface area contributed by atoms with Crippen molar-refractivity contribution < 1.29 is 4.52 Å². The van der Waals surface area contributed by atoms with Crippen molar-refractivity contribution >= 4 is 15.9 Å². The summed E-state index contributed by atoms with van der Waals surface area (Å²) in [4.78, 5) is 4.41. The van der Waals surface area contributed by atoms with E-state index in [1.807, 2.05) is 24.3 Å². The van der Waals surface area contributed by atoms with Crippen LogP contribution in [0.5, 0.6) is 0 Å². The quantitative estimate of drug-likeness (QED) is 0.837. The van der Waals surface area contributed by atoms with E-state index in [0.29, 0.717) is 11.7 Å². The van der Waals surface area contributed by atoms with Gasteiger partial charge < -0.3 is 4.52 Å². The first-order chi connectivity index (χ1) is 7.94. The van der Waals surface area contributed by atoms with Crippen molar-refractivity contribution in [1.82, 2.24) is 10.1 Å². The Kier molecular flexibility index (Phi) is 3.33. The van der Waals surface area contributed by atoms with Crippen molar-refractivity contribution in [3.63, 3.8) is 0 Å². The molecule has 0 spiro atoms. The molecule has 0 radical (unpaired) electrons. The lowest BCUT2D eigenvalue weighted by Gasteiger charge is -2.13. The molecule has 1 aromatic heterocycles. The SMILES string of the molecule is CC(C)(C)Cc1nc(-c2cccc(Br)c2)no1. The molecule has 0 bridgehead atoms. The van der Waals surface area contributed by atoms with Gasteiger partial charge in [0.1, 0.15) is 0 Å². The van der Waals surface area contributed by atoms with E-state index in [1.54, 1.807) is 0 Å². The van der Waals surface area contributed by atoms with Gasteiger partial charge in [-0.2, -0.15) is 4.98 Å². The lowest BCUT2D eigenvalue weighted by Crippen LogP contribution is -2.09. The zero-order valence-corrected chi connectivity index (χ0v) is 11.8. The maximum Gasteiger partial charge on any atom is 0.227 e. The molecule has 3 nitrogen and oxygen atoms in total. The maximum absolute atomic E-state index is 5.26. The first-order valence-corrected chi connectivity index (χ1v) is 6.32. The molecule has 0 unspecified atom stereocenters. The second-order valence-electron chi connectivity index (χ2n) is 5.26. The standard InChI is InChI=1S/C13H15BrN2O/c1-13(2,3)8-11-15-12(16-17-11)9-5-4-6-10(14)7-9/h4-7H,8H2,1-3H3. The highest BCUT2D eigenvalue weighted by Gasteiger charge is 2.17. The van der Waals surface area contributed by atoms with E-state index >= 15 is 0 Å². The Morgan fingerprint density at radius 2 is 2.06 bits per heavy atom. The number of halogens is 1. The largest absolute Gasteiger partial charge is 0.339 e. The molecule has 0 aliphatic heterocycles. The Bertz CT molecular complexity index is 514. The first-order valence-electron chi connectivity index (χ1n) is 5.52. The van der Waals surface area contributed by atoms with E-state index in [1.165, 1.54) is 0 Å². The van der Waals surface area contributed by atoms with E-state index in [4.69, 9.17) is 4.52 Å². The molecule has 1 heterocycles. The van der Waals surface area contributed by atoms with Gasteiger partial charge in [-0.3, -0.25) is 0 Å². The fourth-order valence-corrected chi connectivity index (χ4v) is 1.92. The number of nitrogens with zero attached hydrogens (tertiary/aromatic N) is 2. The van der Waals surface area contributed by atoms with E-state index in [2.05, 4.69) is 46.8 Å². The van der Waals surface area contributed by atoms with Crippen LogP contribution in [0.4, 0.5) is 0 Å². The summed E-state index contributed by atoms with van der Waals surface area (Å²) < 4.78 is 6.27. The lowest BCUT2D eigenvalue weighted by molar-refractivity contribution is 0.314. The Morgan fingerprint density at radius 3 is 2.71 bits per heavy atom. The van der Waals surface area contributed by atoms with E-state index in [-0.39, 0.29) is 5.41 Å². The second-order valence-corrected chi connectivity index (χ2v) is 6.18. The highest BCUT2D eigenvalue weighted by molar-refractivity contribution is 9.10. The summed E-state index contributed by atoms with van der Waals surface area (Å²) in [5.41, 5.74) is 1.12. The third kappa shape index (κ3) is 3.40. The Balaban J connectivity index is 2.24. The van der Waals surface area contributed by atoms with Crippen LogP contribution in [0.2, 0.25) is 0 Å². The smallest absolute Gasteiger partial charge is 0.227 e. The predicted octanol–water partition coefficient (Wildman–Crippen LogP) is 4.09. The van der Waals surface area contributed by atoms with Crippen molar-refractivity contribution in [1.29, 1.82) is 0 Å². The third-order valence-corrected chi connectivity index (χ3v) is 2.73. The molecule has 0 saturated heterocycles. The third-order valence-electron chi connectivity index (χ3n) is 2.23. The first kappa shape index (κ1) is 12.3. The van der Waals surface area contributed by atoms with Gasteiger partial charge in [0.05, 0.1) is 0 Å². The van der Waals surface area contributed by atoms with Crippen LogP contribution in [-0.4, -0.2) is 10.1 Å². The van der Waals surface area contributed by atoms with Crippen LogP contribution in [0, 0.1) is 5.41 Å². The van der Waals surface area contributed by atoms with Crippen molar-refractivity contribution in [2.24, 2.45) is 5.41 Å². The van der Waals surface area contributed by atoms with Crippen molar-refractivity contribution in [2.75, 3.05) is 0 Å². The van der Waals surface area contributed by atoms with Gasteiger partial charge in [0, 0.05) is 16.5 Å². The molecule has 0 fully saturated rings.